The number of ether oxygens (including phenoxy) is 2. The molecule has 0 heterocycles. The van der Waals surface area contributed by atoms with E-state index >= 15 is 0 Å². The van der Waals surface area contributed by atoms with E-state index in [1.807, 2.05) is 42.5 Å². The van der Waals surface area contributed by atoms with Crippen molar-refractivity contribution in [2.24, 2.45) is 0 Å². The minimum absolute atomic E-state index is 0.0631. The third kappa shape index (κ3) is 5.68. The van der Waals surface area contributed by atoms with Crippen molar-refractivity contribution in [3.63, 3.8) is 0 Å². The van der Waals surface area contributed by atoms with Crippen molar-refractivity contribution >= 4 is 44.4 Å². The third-order valence-corrected chi connectivity index (χ3v) is 5.85. The maximum absolute atomic E-state index is 13.1. The highest BCUT2D eigenvalue weighted by atomic mass is 79.9. The Kier molecular flexibility index (Phi) is 7.44. The topological polar surface area (TPSA) is 71.3 Å². The van der Waals surface area contributed by atoms with Crippen molar-refractivity contribution in [2.75, 3.05) is 12.4 Å². The average Bonchev–Trinajstić information content (AvgIpc) is 2.87. The fraction of sp³-hybridized carbons (Fsp3) is 0.0714. The van der Waals surface area contributed by atoms with E-state index in [4.69, 9.17) is 9.47 Å². The molecule has 35 heavy (non-hydrogen) atoms. The second kappa shape index (κ2) is 10.9. The fourth-order valence-electron chi connectivity index (χ4n) is 3.54. The van der Waals surface area contributed by atoms with Crippen LogP contribution < -0.4 is 14.8 Å². The van der Waals surface area contributed by atoms with Crippen LogP contribution in [-0.2, 0) is 11.4 Å². The molecule has 174 valence electrons. The van der Waals surface area contributed by atoms with E-state index in [-0.39, 0.29) is 18.0 Å². The summed E-state index contributed by atoms with van der Waals surface area (Å²) in [5.74, 6) is 0.0317. The molecule has 0 saturated carbocycles. The number of benzene rings is 4. The number of halogens is 2. The number of hydrogen-bond acceptors (Lipinski definition) is 4. The summed E-state index contributed by atoms with van der Waals surface area (Å²) in [5.41, 5.74) is 1.93. The first kappa shape index (κ1) is 24.0. The summed E-state index contributed by atoms with van der Waals surface area (Å²) in [6.07, 6.45) is 1.48. The lowest BCUT2D eigenvalue weighted by atomic mass is 10.1. The van der Waals surface area contributed by atoms with Gasteiger partial charge in [-0.05, 0) is 68.9 Å². The highest BCUT2D eigenvalue weighted by Gasteiger charge is 2.15. The Morgan fingerprint density at radius 1 is 1.09 bits per heavy atom. The molecule has 0 atom stereocenters. The van der Waals surface area contributed by atoms with Gasteiger partial charge in [-0.3, -0.25) is 4.79 Å². The molecule has 0 aliphatic rings. The summed E-state index contributed by atoms with van der Waals surface area (Å²) >= 11 is 3.48. The molecule has 0 fully saturated rings. The number of hydrogen-bond donors (Lipinski definition) is 1. The normalized spacial score (nSPS) is 11.1. The molecule has 0 radical (unpaired) electrons. The summed E-state index contributed by atoms with van der Waals surface area (Å²) in [5, 5.41) is 14.4. The third-order valence-electron chi connectivity index (χ3n) is 5.26. The van der Waals surface area contributed by atoms with E-state index in [0.29, 0.717) is 27.2 Å². The van der Waals surface area contributed by atoms with Crippen molar-refractivity contribution in [1.29, 1.82) is 5.26 Å². The first-order chi connectivity index (χ1) is 17.0. The molecule has 0 aromatic heterocycles. The Bertz CT molecular complexity index is 1450. The number of nitriles is 1. The molecule has 0 aliphatic heterocycles. The molecule has 0 spiro atoms. The summed E-state index contributed by atoms with van der Waals surface area (Å²) in [4.78, 5) is 12.9. The van der Waals surface area contributed by atoms with Crippen molar-refractivity contribution < 1.29 is 18.7 Å². The van der Waals surface area contributed by atoms with Crippen molar-refractivity contribution in [2.45, 2.75) is 6.61 Å². The number of nitrogens with zero attached hydrogens (tertiary/aromatic N) is 1. The van der Waals surface area contributed by atoms with E-state index in [1.165, 1.54) is 25.3 Å². The number of carbonyl (C=O) groups is 1. The minimum atomic E-state index is -0.518. The molecule has 1 N–H and O–H groups in total. The quantitative estimate of drug-likeness (QED) is 0.209. The van der Waals surface area contributed by atoms with E-state index in [1.54, 1.807) is 30.3 Å². The SMILES string of the molecule is COc1cc(/C=C(\C#N)C(=O)Nc2cccc3ccccc23)cc(Br)c1OCc1ccc(F)cc1. The highest BCUT2D eigenvalue weighted by Crippen LogP contribution is 2.38. The Morgan fingerprint density at radius 3 is 2.57 bits per heavy atom. The Hall–Kier alpha value is -4.15. The van der Waals surface area contributed by atoms with Gasteiger partial charge in [0.15, 0.2) is 11.5 Å². The van der Waals surface area contributed by atoms with Gasteiger partial charge in [0, 0.05) is 11.1 Å². The standard InChI is InChI=1S/C28H20BrFN2O3/c1-34-26-15-19(14-24(29)27(26)35-17-18-9-11-22(30)12-10-18)13-21(16-31)28(33)32-25-8-4-6-20-5-2-3-7-23(20)25/h2-15H,17H2,1H3,(H,32,33)/b21-13+. The molecular weight excluding hydrogens is 511 g/mol. The van der Waals surface area contributed by atoms with Gasteiger partial charge in [0.1, 0.15) is 24.1 Å². The van der Waals surface area contributed by atoms with E-state index in [9.17, 15) is 14.4 Å². The molecule has 4 aromatic rings. The van der Waals surface area contributed by atoms with Crippen LogP contribution in [0.1, 0.15) is 11.1 Å². The minimum Gasteiger partial charge on any atom is -0.493 e. The predicted molar refractivity (Wildman–Crippen MR) is 138 cm³/mol. The monoisotopic (exact) mass is 530 g/mol. The van der Waals surface area contributed by atoms with Crippen molar-refractivity contribution in [1.82, 2.24) is 0 Å². The molecule has 7 heteroatoms. The Labute approximate surface area is 210 Å². The van der Waals surface area contributed by atoms with Crippen LogP contribution in [0.25, 0.3) is 16.8 Å². The van der Waals surface area contributed by atoms with Gasteiger partial charge in [-0.2, -0.15) is 5.26 Å². The largest absolute Gasteiger partial charge is 0.493 e. The zero-order chi connectivity index (χ0) is 24.8. The number of fused-ring (bicyclic) bond motifs is 1. The lowest BCUT2D eigenvalue weighted by Crippen LogP contribution is -2.13. The zero-order valence-electron chi connectivity index (χ0n) is 18.7. The number of nitrogens with one attached hydrogen (secondary N) is 1. The Balaban J connectivity index is 1.57. The zero-order valence-corrected chi connectivity index (χ0v) is 20.3. The Morgan fingerprint density at radius 2 is 1.83 bits per heavy atom. The maximum atomic E-state index is 13.1. The second-order valence-electron chi connectivity index (χ2n) is 7.60. The van der Waals surface area contributed by atoms with Gasteiger partial charge < -0.3 is 14.8 Å². The van der Waals surface area contributed by atoms with Crippen LogP contribution >= 0.6 is 15.9 Å². The van der Waals surface area contributed by atoms with Crippen molar-refractivity contribution in [3.05, 3.63) is 106 Å². The summed E-state index contributed by atoms with van der Waals surface area (Å²) < 4.78 is 25.1. The average molecular weight is 531 g/mol. The molecule has 4 rings (SSSR count). The first-order valence-electron chi connectivity index (χ1n) is 10.6. The lowest BCUT2D eigenvalue weighted by Gasteiger charge is -2.14. The van der Waals surface area contributed by atoms with E-state index in [2.05, 4.69) is 21.2 Å². The second-order valence-corrected chi connectivity index (χ2v) is 8.45. The van der Waals surface area contributed by atoms with Crippen LogP contribution in [0, 0.1) is 17.1 Å². The molecule has 4 aromatic carbocycles. The van der Waals surface area contributed by atoms with Crippen LogP contribution in [-0.4, -0.2) is 13.0 Å². The van der Waals surface area contributed by atoms with Crippen LogP contribution in [0.5, 0.6) is 11.5 Å². The molecule has 0 unspecified atom stereocenters. The van der Waals surface area contributed by atoms with Gasteiger partial charge in [0.2, 0.25) is 0 Å². The van der Waals surface area contributed by atoms with Crippen LogP contribution in [0.15, 0.2) is 88.9 Å². The molecule has 0 bridgehead atoms. The highest BCUT2D eigenvalue weighted by molar-refractivity contribution is 9.10. The van der Waals surface area contributed by atoms with Gasteiger partial charge in [-0.1, -0.05) is 48.5 Å². The number of carbonyl (C=O) groups excluding carboxylic acids is 1. The molecule has 5 nitrogen and oxygen atoms in total. The van der Waals surface area contributed by atoms with Crippen LogP contribution in [0.2, 0.25) is 0 Å². The summed E-state index contributed by atoms with van der Waals surface area (Å²) in [6.45, 7) is 0.210. The van der Waals surface area contributed by atoms with Gasteiger partial charge in [0.05, 0.1) is 11.6 Å². The smallest absolute Gasteiger partial charge is 0.266 e. The lowest BCUT2D eigenvalue weighted by molar-refractivity contribution is -0.112. The molecule has 0 saturated heterocycles. The van der Waals surface area contributed by atoms with Crippen LogP contribution in [0.3, 0.4) is 0 Å². The van der Waals surface area contributed by atoms with Gasteiger partial charge in [-0.25, -0.2) is 4.39 Å². The van der Waals surface area contributed by atoms with Gasteiger partial charge >= 0.3 is 0 Å². The number of methoxy groups -OCH3 is 1. The molecular formula is C28H20BrFN2O3. The van der Waals surface area contributed by atoms with Gasteiger partial charge in [0.25, 0.3) is 5.91 Å². The number of anilines is 1. The first-order valence-corrected chi connectivity index (χ1v) is 11.4. The predicted octanol–water partition coefficient (Wildman–Crippen LogP) is 6.87. The van der Waals surface area contributed by atoms with E-state index < -0.39 is 5.91 Å². The maximum Gasteiger partial charge on any atom is 0.266 e. The van der Waals surface area contributed by atoms with E-state index in [0.717, 1.165) is 16.3 Å². The van der Waals surface area contributed by atoms with Crippen molar-refractivity contribution in [3.8, 4) is 17.6 Å². The van der Waals surface area contributed by atoms with Gasteiger partial charge in [-0.15, -0.1) is 0 Å². The summed E-state index contributed by atoms with van der Waals surface area (Å²) in [7, 11) is 1.50. The molecule has 0 aliphatic carbocycles. The summed E-state index contributed by atoms with van der Waals surface area (Å²) in [6, 6.07) is 24.7. The fourth-order valence-corrected chi connectivity index (χ4v) is 4.11. The number of rotatable bonds is 7. The van der Waals surface area contributed by atoms with Crippen LogP contribution in [0.4, 0.5) is 10.1 Å². The molecule has 1 amide bonds. The number of amides is 1.